The van der Waals surface area contributed by atoms with Crippen molar-refractivity contribution in [2.45, 2.75) is 17.8 Å². The maximum atomic E-state index is 6.03. The molecule has 0 spiro atoms. The van der Waals surface area contributed by atoms with Gasteiger partial charge in [-0.2, -0.15) is 5.10 Å². The van der Waals surface area contributed by atoms with Crippen LogP contribution < -0.4 is 16.0 Å². The van der Waals surface area contributed by atoms with Crippen molar-refractivity contribution in [3.63, 3.8) is 0 Å². The molecule has 0 aliphatic heterocycles. The fraction of sp³-hybridized carbons (Fsp3) is 0.167. The van der Waals surface area contributed by atoms with Crippen molar-refractivity contribution in [3.05, 3.63) is 65.2 Å². The number of aromatic nitrogens is 3. The van der Waals surface area contributed by atoms with Gasteiger partial charge in [-0.3, -0.25) is 0 Å². The van der Waals surface area contributed by atoms with Gasteiger partial charge in [0.05, 0.1) is 13.3 Å². The summed E-state index contributed by atoms with van der Waals surface area (Å²) in [6.45, 7) is 2.07. The first-order valence-electron chi connectivity index (χ1n) is 7.97. The zero-order valence-electron chi connectivity index (χ0n) is 14.6. The largest absolute Gasteiger partial charge is 0.497 e. The number of thioether (sulfide) groups is 1. The summed E-state index contributed by atoms with van der Waals surface area (Å²) in [5, 5.41) is 12.9. The Morgan fingerprint density at radius 2 is 2.04 bits per heavy atom. The zero-order chi connectivity index (χ0) is 18.4. The van der Waals surface area contributed by atoms with Crippen molar-refractivity contribution < 1.29 is 4.74 Å². The van der Waals surface area contributed by atoms with Crippen LogP contribution in [0.15, 0.2) is 58.8 Å². The molecule has 26 heavy (non-hydrogen) atoms. The first-order chi connectivity index (χ1) is 12.7. The molecule has 134 valence electrons. The van der Waals surface area contributed by atoms with E-state index >= 15 is 0 Å². The Kier molecular flexibility index (Phi) is 5.75. The van der Waals surface area contributed by atoms with Gasteiger partial charge in [0, 0.05) is 5.75 Å². The van der Waals surface area contributed by atoms with Gasteiger partial charge in [0.25, 0.3) is 5.95 Å². The van der Waals surface area contributed by atoms with Gasteiger partial charge in [-0.1, -0.05) is 53.7 Å². The number of nitrogens with zero attached hydrogens (tertiary/aromatic N) is 4. The highest BCUT2D eigenvalue weighted by molar-refractivity contribution is 7.98. The highest BCUT2D eigenvalue weighted by Crippen LogP contribution is 2.21. The molecule has 0 aliphatic carbocycles. The third-order valence-corrected chi connectivity index (χ3v) is 4.64. The summed E-state index contributed by atoms with van der Waals surface area (Å²) in [5.41, 5.74) is 6.14. The highest BCUT2D eigenvalue weighted by atomic mass is 32.2. The molecule has 0 amide bonds. The topological polar surface area (TPSA) is 90.3 Å². The lowest BCUT2D eigenvalue weighted by molar-refractivity contribution is 0.415. The van der Waals surface area contributed by atoms with E-state index in [0.29, 0.717) is 11.1 Å². The van der Waals surface area contributed by atoms with E-state index in [0.717, 1.165) is 17.1 Å². The van der Waals surface area contributed by atoms with Gasteiger partial charge in [0.2, 0.25) is 5.16 Å². The van der Waals surface area contributed by atoms with Crippen molar-refractivity contribution in [1.29, 1.82) is 0 Å². The van der Waals surface area contributed by atoms with Gasteiger partial charge in [0.15, 0.2) is 0 Å². The summed E-state index contributed by atoms with van der Waals surface area (Å²) < 4.78 is 6.57. The Morgan fingerprint density at radius 3 is 2.81 bits per heavy atom. The number of anilines is 1. The lowest BCUT2D eigenvalue weighted by Crippen LogP contribution is -2.13. The van der Waals surface area contributed by atoms with Crippen molar-refractivity contribution in [2.75, 3.05) is 18.4 Å². The lowest BCUT2D eigenvalue weighted by atomic mass is 10.2. The SMILES string of the molecule is COc1cccc(/C=N/Nc2nnc(SCc3ccc(C)cc3)n2N)c1. The summed E-state index contributed by atoms with van der Waals surface area (Å²) in [5.74, 6) is 7.94. The quantitative estimate of drug-likeness (QED) is 0.288. The van der Waals surface area contributed by atoms with Crippen molar-refractivity contribution in [2.24, 2.45) is 5.10 Å². The van der Waals surface area contributed by atoms with Crippen LogP contribution in [-0.2, 0) is 5.75 Å². The molecule has 0 saturated heterocycles. The summed E-state index contributed by atoms with van der Waals surface area (Å²) in [7, 11) is 1.63. The Bertz CT molecular complexity index is 891. The predicted octanol–water partition coefficient (Wildman–Crippen LogP) is 3.05. The van der Waals surface area contributed by atoms with E-state index in [1.54, 1.807) is 13.3 Å². The van der Waals surface area contributed by atoms with E-state index in [9.17, 15) is 0 Å². The summed E-state index contributed by atoms with van der Waals surface area (Å²) in [6, 6.07) is 15.9. The number of methoxy groups -OCH3 is 1. The number of ether oxygens (including phenoxy) is 1. The van der Waals surface area contributed by atoms with Crippen molar-refractivity contribution in [1.82, 2.24) is 14.9 Å². The Labute approximate surface area is 156 Å². The molecular weight excluding hydrogens is 348 g/mol. The predicted molar refractivity (Wildman–Crippen MR) is 105 cm³/mol. The molecule has 0 fully saturated rings. The van der Waals surface area contributed by atoms with Gasteiger partial charge >= 0.3 is 0 Å². The van der Waals surface area contributed by atoms with Crippen LogP contribution >= 0.6 is 11.8 Å². The zero-order valence-corrected chi connectivity index (χ0v) is 15.4. The van der Waals surface area contributed by atoms with E-state index in [2.05, 4.69) is 51.9 Å². The summed E-state index contributed by atoms with van der Waals surface area (Å²) in [4.78, 5) is 0. The van der Waals surface area contributed by atoms with Crippen LogP contribution in [0.2, 0.25) is 0 Å². The van der Waals surface area contributed by atoms with E-state index in [-0.39, 0.29) is 0 Å². The number of hydrogen-bond donors (Lipinski definition) is 2. The number of aryl methyl sites for hydroxylation is 1. The van der Waals surface area contributed by atoms with Crippen molar-refractivity contribution in [3.8, 4) is 5.75 Å². The first kappa shape index (κ1) is 17.8. The molecule has 1 heterocycles. The smallest absolute Gasteiger partial charge is 0.264 e. The Balaban J connectivity index is 1.59. The number of benzene rings is 2. The van der Waals surface area contributed by atoms with E-state index in [1.165, 1.54) is 27.6 Å². The molecule has 3 aromatic rings. The maximum Gasteiger partial charge on any atom is 0.264 e. The second-order valence-electron chi connectivity index (χ2n) is 5.60. The monoisotopic (exact) mass is 368 g/mol. The van der Waals surface area contributed by atoms with Gasteiger partial charge in [-0.25, -0.2) is 10.1 Å². The third kappa shape index (κ3) is 4.54. The molecular formula is C18H20N6OS. The molecule has 0 radical (unpaired) electrons. The van der Waals surface area contributed by atoms with Crippen LogP contribution in [0.1, 0.15) is 16.7 Å². The molecule has 3 N–H and O–H groups in total. The number of hydrazone groups is 1. The molecule has 1 aromatic heterocycles. The minimum Gasteiger partial charge on any atom is -0.497 e. The number of nitrogen functional groups attached to an aromatic ring is 1. The Hall–Kier alpha value is -3.00. The van der Waals surface area contributed by atoms with Gasteiger partial charge in [-0.05, 0) is 30.2 Å². The maximum absolute atomic E-state index is 6.03. The van der Waals surface area contributed by atoms with Crippen LogP contribution in [0.5, 0.6) is 5.75 Å². The van der Waals surface area contributed by atoms with Crippen LogP contribution in [0.4, 0.5) is 5.95 Å². The molecule has 0 bridgehead atoms. The number of nitrogens with two attached hydrogens (primary N) is 1. The van der Waals surface area contributed by atoms with Crippen molar-refractivity contribution >= 4 is 23.9 Å². The minimum atomic E-state index is 0.371. The highest BCUT2D eigenvalue weighted by Gasteiger charge is 2.09. The van der Waals surface area contributed by atoms with E-state index < -0.39 is 0 Å². The number of nitrogens with one attached hydrogen (secondary N) is 1. The van der Waals surface area contributed by atoms with Crippen LogP contribution in [0.25, 0.3) is 0 Å². The molecule has 3 rings (SSSR count). The molecule has 0 atom stereocenters. The van der Waals surface area contributed by atoms with Gasteiger partial charge in [0.1, 0.15) is 5.75 Å². The summed E-state index contributed by atoms with van der Waals surface area (Å²) in [6.07, 6.45) is 1.66. The lowest BCUT2D eigenvalue weighted by Gasteiger charge is -2.03. The number of hydrogen-bond acceptors (Lipinski definition) is 7. The molecule has 0 aliphatic rings. The molecule has 0 unspecified atom stereocenters. The molecule has 2 aromatic carbocycles. The fourth-order valence-electron chi connectivity index (χ4n) is 2.17. The normalized spacial score (nSPS) is 11.0. The first-order valence-corrected chi connectivity index (χ1v) is 8.96. The number of rotatable bonds is 7. The fourth-order valence-corrected chi connectivity index (χ4v) is 2.98. The molecule has 7 nitrogen and oxygen atoms in total. The van der Waals surface area contributed by atoms with Gasteiger partial charge < -0.3 is 10.6 Å². The Morgan fingerprint density at radius 1 is 1.23 bits per heavy atom. The standard InChI is InChI=1S/C18H20N6OS/c1-13-6-8-14(9-7-13)12-26-18-23-22-17(24(18)19)21-20-11-15-4-3-5-16(10-15)25-2/h3-11H,12,19H2,1-2H3,(H,21,22)/b20-11+. The average Bonchev–Trinajstić information content (AvgIpc) is 3.01. The second-order valence-corrected chi connectivity index (χ2v) is 6.54. The van der Waals surface area contributed by atoms with E-state index in [1.807, 2.05) is 24.3 Å². The second kappa shape index (κ2) is 8.39. The average molecular weight is 368 g/mol. The van der Waals surface area contributed by atoms with Crippen LogP contribution in [0, 0.1) is 6.92 Å². The van der Waals surface area contributed by atoms with Crippen LogP contribution in [-0.4, -0.2) is 28.2 Å². The molecule has 0 saturated carbocycles. The van der Waals surface area contributed by atoms with E-state index in [4.69, 9.17) is 10.6 Å². The van der Waals surface area contributed by atoms with Gasteiger partial charge in [-0.15, -0.1) is 10.2 Å². The minimum absolute atomic E-state index is 0.371. The van der Waals surface area contributed by atoms with Crippen LogP contribution in [0.3, 0.4) is 0 Å². The molecule has 8 heteroatoms. The summed E-state index contributed by atoms with van der Waals surface area (Å²) >= 11 is 1.52. The third-order valence-electron chi connectivity index (χ3n) is 3.63.